The minimum absolute atomic E-state index is 0.787. The number of para-hydroxylation sites is 2. The summed E-state index contributed by atoms with van der Waals surface area (Å²) in [5.41, 5.74) is 3.71. The van der Waals surface area contributed by atoms with E-state index in [0.29, 0.717) is 0 Å². The first-order valence-electron chi connectivity index (χ1n) is 7.91. The van der Waals surface area contributed by atoms with Crippen LogP contribution in [0, 0.1) is 6.92 Å². The first kappa shape index (κ1) is 16.3. The minimum atomic E-state index is -0.862. The van der Waals surface area contributed by atoms with Crippen LogP contribution in [0.4, 0.5) is 5.69 Å². The summed E-state index contributed by atoms with van der Waals surface area (Å²) in [7, 11) is -0.862. The highest BCUT2D eigenvalue weighted by Crippen LogP contribution is 2.30. The number of nitrogens with zero attached hydrogens (tertiary/aromatic N) is 1. The molecule has 0 N–H and O–H groups in total. The molecule has 2 aromatic carbocycles. The lowest BCUT2D eigenvalue weighted by molar-refractivity contribution is 0.556. The Morgan fingerprint density at radius 1 is 0.958 bits per heavy atom. The molecule has 1 aromatic heterocycles. The van der Waals surface area contributed by atoms with E-state index in [9.17, 15) is 0 Å². The Morgan fingerprint density at radius 3 is 2.33 bits per heavy atom. The van der Waals surface area contributed by atoms with Crippen LogP contribution in [0.5, 0.6) is 5.75 Å². The van der Waals surface area contributed by atoms with Crippen LogP contribution >= 0.6 is 0 Å². The molecule has 0 aliphatic rings. The zero-order valence-electron chi connectivity index (χ0n) is 14.1. The molecule has 0 atom stereocenters. The van der Waals surface area contributed by atoms with Crippen molar-refractivity contribution in [2.24, 2.45) is 4.99 Å². The Morgan fingerprint density at radius 2 is 1.67 bits per heavy atom. The number of hydrogen-bond acceptors (Lipinski definition) is 3. The summed E-state index contributed by atoms with van der Waals surface area (Å²) in [5.74, 6) is 1.60. The lowest BCUT2D eigenvalue weighted by Crippen LogP contribution is -2.11. The number of benzene rings is 2. The number of rotatable bonds is 5. The Hall–Kier alpha value is -2.59. The molecule has 0 amide bonds. The Labute approximate surface area is 144 Å². The molecular formula is C20H20NO2Si. The molecule has 0 saturated heterocycles. The largest absolute Gasteiger partial charge is 0.541 e. The molecule has 0 aliphatic heterocycles. The summed E-state index contributed by atoms with van der Waals surface area (Å²) < 4.78 is 11.7. The van der Waals surface area contributed by atoms with Crippen LogP contribution in [0.2, 0.25) is 13.1 Å². The molecule has 0 fully saturated rings. The molecule has 0 bridgehead atoms. The maximum Gasteiger partial charge on any atom is 0.274 e. The second-order valence-electron chi connectivity index (χ2n) is 5.74. The molecule has 3 nitrogen and oxygen atoms in total. The summed E-state index contributed by atoms with van der Waals surface area (Å²) in [6.07, 6.45) is 1.70. The highest BCUT2D eigenvalue weighted by Gasteiger charge is 2.15. The molecule has 121 valence electrons. The van der Waals surface area contributed by atoms with E-state index < -0.39 is 9.04 Å². The predicted molar refractivity (Wildman–Crippen MR) is 99.7 cm³/mol. The van der Waals surface area contributed by atoms with E-state index in [1.165, 1.54) is 0 Å². The topological polar surface area (TPSA) is 34.7 Å². The van der Waals surface area contributed by atoms with Gasteiger partial charge in [0, 0.05) is 5.56 Å². The van der Waals surface area contributed by atoms with E-state index >= 15 is 0 Å². The molecule has 24 heavy (non-hydrogen) atoms. The van der Waals surface area contributed by atoms with Crippen molar-refractivity contribution in [2.45, 2.75) is 20.0 Å². The van der Waals surface area contributed by atoms with Crippen LogP contribution in [-0.2, 0) is 0 Å². The Bertz CT molecular complexity index is 838. The molecule has 0 aliphatic carbocycles. The van der Waals surface area contributed by atoms with Crippen molar-refractivity contribution in [3.63, 3.8) is 0 Å². The Balaban J connectivity index is 2.14. The van der Waals surface area contributed by atoms with E-state index in [1.54, 1.807) is 6.26 Å². The first-order valence-corrected chi connectivity index (χ1v) is 10.3. The first-order chi connectivity index (χ1) is 11.6. The molecule has 3 aromatic rings. The quantitative estimate of drug-likeness (QED) is 0.463. The molecule has 1 radical (unpaired) electrons. The molecule has 3 rings (SSSR count). The predicted octanol–water partition coefficient (Wildman–Crippen LogP) is 5.39. The van der Waals surface area contributed by atoms with Gasteiger partial charge in [-0.05, 0) is 43.8 Å². The summed E-state index contributed by atoms with van der Waals surface area (Å²) in [4.78, 5) is 4.90. The van der Waals surface area contributed by atoms with Gasteiger partial charge in [-0.3, -0.25) is 0 Å². The van der Waals surface area contributed by atoms with Crippen molar-refractivity contribution in [3.8, 4) is 5.75 Å². The van der Waals surface area contributed by atoms with Crippen molar-refractivity contribution in [2.75, 3.05) is 0 Å². The molecule has 0 saturated carbocycles. The van der Waals surface area contributed by atoms with Crippen molar-refractivity contribution in [1.29, 1.82) is 0 Å². The smallest absolute Gasteiger partial charge is 0.274 e. The van der Waals surface area contributed by atoms with Crippen molar-refractivity contribution < 1.29 is 8.84 Å². The van der Waals surface area contributed by atoms with Crippen molar-refractivity contribution in [3.05, 3.63) is 83.8 Å². The van der Waals surface area contributed by atoms with Gasteiger partial charge in [-0.25, -0.2) is 4.99 Å². The standard InChI is InChI=1S/C20H20NO2Si/c1-15-13-14-22-20(15)19(16-9-5-4-6-10-16)21-17-11-7-8-12-18(17)23-24(2)3/h4-14H,1-3H3. The second kappa shape index (κ2) is 7.32. The molecule has 4 heteroatoms. The minimum Gasteiger partial charge on any atom is -0.541 e. The van der Waals surface area contributed by atoms with Gasteiger partial charge in [0.05, 0.1) is 6.26 Å². The highest BCUT2D eigenvalue weighted by atomic mass is 28.3. The maximum atomic E-state index is 5.99. The van der Waals surface area contributed by atoms with Crippen LogP contribution in [0.15, 0.2) is 76.3 Å². The third-order valence-electron chi connectivity index (χ3n) is 3.54. The van der Waals surface area contributed by atoms with E-state index in [0.717, 1.165) is 34.0 Å². The fourth-order valence-corrected chi connectivity index (χ4v) is 3.05. The summed E-state index contributed by atoms with van der Waals surface area (Å²) in [6, 6.07) is 19.9. The van der Waals surface area contributed by atoms with Crippen molar-refractivity contribution >= 4 is 20.4 Å². The lowest BCUT2D eigenvalue weighted by atomic mass is 10.1. The fourth-order valence-electron chi connectivity index (χ4n) is 2.43. The average molecular weight is 334 g/mol. The third kappa shape index (κ3) is 3.66. The zero-order valence-corrected chi connectivity index (χ0v) is 15.1. The molecule has 0 spiro atoms. The van der Waals surface area contributed by atoms with E-state index in [1.807, 2.05) is 67.6 Å². The molecule has 1 heterocycles. The van der Waals surface area contributed by atoms with Gasteiger partial charge in [-0.2, -0.15) is 0 Å². The monoisotopic (exact) mass is 334 g/mol. The third-order valence-corrected chi connectivity index (χ3v) is 4.16. The van der Waals surface area contributed by atoms with E-state index in [4.69, 9.17) is 13.8 Å². The average Bonchev–Trinajstić information content (AvgIpc) is 3.00. The van der Waals surface area contributed by atoms with Gasteiger partial charge >= 0.3 is 0 Å². The van der Waals surface area contributed by atoms with Crippen LogP contribution in [0.1, 0.15) is 16.9 Å². The summed E-state index contributed by atoms with van der Waals surface area (Å²) in [5, 5.41) is 0. The summed E-state index contributed by atoms with van der Waals surface area (Å²) >= 11 is 0. The van der Waals surface area contributed by atoms with Crippen LogP contribution in [0.3, 0.4) is 0 Å². The van der Waals surface area contributed by atoms with Crippen LogP contribution in [0.25, 0.3) is 0 Å². The highest BCUT2D eigenvalue weighted by molar-refractivity contribution is 6.49. The van der Waals surface area contributed by atoms with Gasteiger partial charge in [-0.15, -0.1) is 0 Å². The lowest BCUT2D eigenvalue weighted by Gasteiger charge is -2.12. The van der Waals surface area contributed by atoms with Crippen molar-refractivity contribution in [1.82, 2.24) is 0 Å². The number of aliphatic imine (C=N–C) groups is 1. The number of hydrogen-bond donors (Lipinski definition) is 0. The van der Waals surface area contributed by atoms with Gasteiger partial charge in [-0.1, -0.05) is 42.5 Å². The van der Waals surface area contributed by atoms with Gasteiger partial charge in [0.1, 0.15) is 17.1 Å². The van der Waals surface area contributed by atoms with E-state index in [-0.39, 0.29) is 0 Å². The van der Waals surface area contributed by atoms with Gasteiger partial charge in [0.25, 0.3) is 9.04 Å². The second-order valence-corrected chi connectivity index (χ2v) is 7.76. The van der Waals surface area contributed by atoms with Gasteiger partial charge in [0.15, 0.2) is 5.76 Å². The van der Waals surface area contributed by atoms with Gasteiger partial charge < -0.3 is 8.84 Å². The number of furan rings is 1. The SMILES string of the molecule is Cc1ccoc1C(=Nc1ccccc1O[Si](C)C)c1ccccc1. The van der Waals surface area contributed by atoms with Crippen LogP contribution in [-0.4, -0.2) is 14.8 Å². The molecule has 0 unspecified atom stereocenters. The fraction of sp³-hybridized carbons (Fsp3) is 0.150. The maximum absolute atomic E-state index is 5.99. The number of aryl methyl sites for hydroxylation is 1. The zero-order chi connectivity index (χ0) is 16.9. The summed E-state index contributed by atoms with van der Waals surface area (Å²) in [6.45, 7) is 6.25. The Kier molecular flexibility index (Phi) is 4.96. The van der Waals surface area contributed by atoms with Gasteiger partial charge in [0.2, 0.25) is 0 Å². The van der Waals surface area contributed by atoms with Crippen LogP contribution < -0.4 is 4.43 Å². The van der Waals surface area contributed by atoms with E-state index in [2.05, 4.69) is 13.1 Å². The normalized spacial score (nSPS) is 11.8. The molecular weight excluding hydrogens is 314 g/mol.